The monoisotopic (exact) mass is 263 g/mol. The molecule has 0 amide bonds. The fourth-order valence-corrected chi connectivity index (χ4v) is 2.37. The number of allylic oxidation sites excluding steroid dienone is 3. The summed E-state index contributed by atoms with van der Waals surface area (Å²) in [7, 11) is 0. The van der Waals surface area contributed by atoms with E-state index in [9.17, 15) is 0 Å². The number of rotatable bonds is 4. The zero-order chi connectivity index (χ0) is 14.4. The lowest BCUT2D eigenvalue weighted by molar-refractivity contribution is 0.904. The highest BCUT2D eigenvalue weighted by Crippen LogP contribution is 2.25. The van der Waals surface area contributed by atoms with Crippen molar-refractivity contribution in [2.45, 2.75) is 19.9 Å². The van der Waals surface area contributed by atoms with E-state index in [2.05, 4.69) is 62.4 Å². The molecule has 0 saturated carbocycles. The molecule has 20 heavy (non-hydrogen) atoms. The van der Waals surface area contributed by atoms with Gasteiger partial charge in [-0.3, -0.25) is 0 Å². The summed E-state index contributed by atoms with van der Waals surface area (Å²) in [5.74, 6) is 0. The second-order valence-corrected chi connectivity index (χ2v) is 4.85. The smallest absolute Gasteiger partial charge is 0.0486 e. The van der Waals surface area contributed by atoms with Crippen molar-refractivity contribution in [2.75, 3.05) is 0 Å². The van der Waals surface area contributed by atoms with Crippen molar-refractivity contribution >= 4 is 5.57 Å². The van der Waals surface area contributed by atoms with Crippen molar-refractivity contribution in [3.63, 3.8) is 0 Å². The molecule has 1 heteroatoms. The average molecular weight is 263 g/mol. The average Bonchev–Trinajstić information content (AvgIpc) is 2.50. The molecule has 2 rings (SSSR count). The van der Waals surface area contributed by atoms with Gasteiger partial charge in [-0.1, -0.05) is 72.8 Å². The summed E-state index contributed by atoms with van der Waals surface area (Å²) < 4.78 is 0. The SMILES string of the molecule is C/C=C(\C(C)=C/C(N)c1ccccc1)c1ccccc1. The van der Waals surface area contributed by atoms with Crippen LogP contribution in [0, 0.1) is 0 Å². The highest BCUT2D eigenvalue weighted by molar-refractivity contribution is 5.78. The Morgan fingerprint density at radius 1 is 0.950 bits per heavy atom. The van der Waals surface area contributed by atoms with Gasteiger partial charge in [-0.2, -0.15) is 0 Å². The van der Waals surface area contributed by atoms with E-state index in [1.807, 2.05) is 24.3 Å². The normalized spacial score (nSPS) is 14.2. The molecule has 1 nitrogen and oxygen atoms in total. The van der Waals surface area contributed by atoms with Crippen LogP contribution in [0.25, 0.3) is 5.57 Å². The summed E-state index contributed by atoms with van der Waals surface area (Å²) in [6.07, 6.45) is 4.26. The molecule has 0 aliphatic rings. The second kappa shape index (κ2) is 6.88. The van der Waals surface area contributed by atoms with Gasteiger partial charge in [-0.25, -0.2) is 0 Å². The quantitative estimate of drug-likeness (QED) is 0.792. The Morgan fingerprint density at radius 2 is 1.50 bits per heavy atom. The van der Waals surface area contributed by atoms with Crippen LogP contribution in [0.5, 0.6) is 0 Å². The molecule has 0 bridgehead atoms. The molecule has 2 aromatic rings. The Bertz CT molecular complexity index is 594. The topological polar surface area (TPSA) is 26.0 Å². The molecule has 0 radical (unpaired) electrons. The van der Waals surface area contributed by atoms with E-state index in [1.165, 1.54) is 16.7 Å². The molecule has 0 fully saturated rings. The molecular weight excluding hydrogens is 242 g/mol. The minimum Gasteiger partial charge on any atom is -0.321 e. The van der Waals surface area contributed by atoms with Crippen LogP contribution in [0.1, 0.15) is 31.0 Å². The predicted molar refractivity (Wildman–Crippen MR) is 87.2 cm³/mol. The van der Waals surface area contributed by atoms with Crippen LogP contribution in [0.4, 0.5) is 0 Å². The molecular formula is C19H21N. The standard InChI is InChI=1S/C19H21N/c1-3-18(16-10-6-4-7-11-16)15(2)14-19(20)17-12-8-5-9-13-17/h3-14,19H,20H2,1-2H3/b15-14-,18-3+. The summed E-state index contributed by atoms with van der Waals surface area (Å²) >= 11 is 0. The molecule has 0 spiro atoms. The first-order chi connectivity index (χ1) is 9.72. The molecule has 0 heterocycles. The maximum atomic E-state index is 6.26. The number of hydrogen-bond acceptors (Lipinski definition) is 1. The van der Waals surface area contributed by atoms with Crippen molar-refractivity contribution < 1.29 is 0 Å². The summed E-state index contributed by atoms with van der Waals surface area (Å²) in [4.78, 5) is 0. The third kappa shape index (κ3) is 3.46. The summed E-state index contributed by atoms with van der Waals surface area (Å²) in [6.45, 7) is 4.18. The lowest BCUT2D eigenvalue weighted by Gasteiger charge is -2.12. The van der Waals surface area contributed by atoms with Crippen LogP contribution in [-0.4, -0.2) is 0 Å². The van der Waals surface area contributed by atoms with Crippen LogP contribution >= 0.6 is 0 Å². The first-order valence-corrected chi connectivity index (χ1v) is 6.93. The Balaban J connectivity index is 2.26. The van der Waals surface area contributed by atoms with Gasteiger partial charge < -0.3 is 5.73 Å². The van der Waals surface area contributed by atoms with Gasteiger partial charge in [-0.15, -0.1) is 0 Å². The molecule has 0 aromatic heterocycles. The van der Waals surface area contributed by atoms with Gasteiger partial charge in [-0.05, 0) is 36.1 Å². The fourth-order valence-electron chi connectivity index (χ4n) is 2.37. The fraction of sp³-hybridized carbons (Fsp3) is 0.158. The minimum atomic E-state index is -0.0742. The van der Waals surface area contributed by atoms with Crippen LogP contribution in [0.2, 0.25) is 0 Å². The Labute approximate surface area is 121 Å². The van der Waals surface area contributed by atoms with Crippen LogP contribution in [0.15, 0.2) is 78.4 Å². The van der Waals surface area contributed by atoms with Gasteiger partial charge >= 0.3 is 0 Å². The Morgan fingerprint density at radius 3 is 2.05 bits per heavy atom. The van der Waals surface area contributed by atoms with Crippen LogP contribution in [0.3, 0.4) is 0 Å². The van der Waals surface area contributed by atoms with Gasteiger partial charge in [0.05, 0.1) is 0 Å². The molecule has 102 valence electrons. The van der Waals surface area contributed by atoms with Gasteiger partial charge in [0, 0.05) is 6.04 Å². The van der Waals surface area contributed by atoms with Crippen LogP contribution in [-0.2, 0) is 0 Å². The first-order valence-electron chi connectivity index (χ1n) is 6.93. The van der Waals surface area contributed by atoms with E-state index >= 15 is 0 Å². The van der Waals surface area contributed by atoms with Crippen molar-refractivity contribution in [3.8, 4) is 0 Å². The third-order valence-electron chi connectivity index (χ3n) is 3.41. The van der Waals surface area contributed by atoms with Gasteiger partial charge in [0.15, 0.2) is 0 Å². The highest BCUT2D eigenvalue weighted by atomic mass is 14.6. The van der Waals surface area contributed by atoms with E-state index in [1.54, 1.807) is 0 Å². The summed E-state index contributed by atoms with van der Waals surface area (Å²) in [5, 5.41) is 0. The van der Waals surface area contributed by atoms with E-state index in [4.69, 9.17) is 5.73 Å². The van der Waals surface area contributed by atoms with Crippen molar-refractivity contribution in [2.24, 2.45) is 5.73 Å². The molecule has 2 N–H and O–H groups in total. The molecule has 1 atom stereocenters. The predicted octanol–water partition coefficient (Wildman–Crippen LogP) is 4.74. The summed E-state index contributed by atoms with van der Waals surface area (Å²) in [6, 6.07) is 20.5. The number of nitrogens with two attached hydrogens (primary N) is 1. The number of benzene rings is 2. The van der Waals surface area contributed by atoms with Crippen molar-refractivity contribution in [3.05, 3.63) is 89.5 Å². The molecule has 0 aliphatic heterocycles. The minimum absolute atomic E-state index is 0.0742. The van der Waals surface area contributed by atoms with E-state index in [0.29, 0.717) is 0 Å². The highest BCUT2D eigenvalue weighted by Gasteiger charge is 2.06. The number of hydrogen-bond donors (Lipinski definition) is 1. The van der Waals surface area contributed by atoms with Crippen molar-refractivity contribution in [1.29, 1.82) is 0 Å². The van der Waals surface area contributed by atoms with E-state index in [0.717, 1.165) is 5.56 Å². The largest absolute Gasteiger partial charge is 0.321 e. The third-order valence-corrected chi connectivity index (χ3v) is 3.41. The zero-order valence-corrected chi connectivity index (χ0v) is 12.1. The lowest BCUT2D eigenvalue weighted by Crippen LogP contribution is -2.07. The molecule has 0 aliphatic carbocycles. The van der Waals surface area contributed by atoms with Crippen LogP contribution < -0.4 is 5.73 Å². The second-order valence-electron chi connectivity index (χ2n) is 4.85. The first kappa shape index (κ1) is 14.3. The van der Waals surface area contributed by atoms with Gasteiger partial charge in [0.2, 0.25) is 0 Å². The Hall–Kier alpha value is -2.12. The maximum Gasteiger partial charge on any atom is 0.0486 e. The van der Waals surface area contributed by atoms with Gasteiger partial charge in [0.25, 0.3) is 0 Å². The summed E-state index contributed by atoms with van der Waals surface area (Å²) in [5.41, 5.74) is 11.1. The van der Waals surface area contributed by atoms with E-state index < -0.39 is 0 Å². The molecule has 0 saturated heterocycles. The lowest BCUT2D eigenvalue weighted by atomic mass is 9.96. The van der Waals surface area contributed by atoms with Crippen molar-refractivity contribution in [1.82, 2.24) is 0 Å². The molecule has 2 aromatic carbocycles. The Kier molecular flexibility index (Phi) is 4.91. The maximum absolute atomic E-state index is 6.26. The molecule has 1 unspecified atom stereocenters. The van der Waals surface area contributed by atoms with E-state index in [-0.39, 0.29) is 6.04 Å². The van der Waals surface area contributed by atoms with Gasteiger partial charge in [0.1, 0.15) is 0 Å². The zero-order valence-electron chi connectivity index (χ0n) is 12.1.